The lowest BCUT2D eigenvalue weighted by Crippen LogP contribution is -2.35. The Morgan fingerprint density at radius 2 is 1.84 bits per heavy atom. The number of hydrogen-bond acceptors (Lipinski definition) is 1. The van der Waals surface area contributed by atoms with Gasteiger partial charge in [-0.2, -0.15) is 4.57 Å². The zero-order valence-corrected chi connectivity index (χ0v) is 19.8. The Kier molecular flexibility index (Phi) is 3.80. The van der Waals surface area contributed by atoms with Gasteiger partial charge in [-0.3, -0.25) is 0 Å². The topological polar surface area (TPSA) is 21.4 Å². The second-order valence-electron chi connectivity index (χ2n) is 9.51. The van der Waals surface area contributed by atoms with E-state index in [1.807, 2.05) is 70.5 Å². The summed E-state index contributed by atoms with van der Waals surface area (Å²) in [5.41, 5.74) is 4.04. The molecule has 0 saturated carbocycles. The van der Waals surface area contributed by atoms with Crippen LogP contribution in [-0.2, 0) is 13.4 Å². The van der Waals surface area contributed by atoms with Crippen molar-refractivity contribution in [2.24, 2.45) is 12.5 Å². The lowest BCUT2D eigenvalue weighted by molar-refractivity contribution is -0.666. The minimum Gasteiger partial charge on any atom is -0.456 e. The van der Waals surface area contributed by atoms with E-state index in [9.17, 15) is 0 Å². The van der Waals surface area contributed by atoms with Gasteiger partial charge in [0.1, 0.15) is 18.2 Å². The van der Waals surface area contributed by atoms with E-state index < -0.39 is 24.5 Å². The molecule has 4 rings (SSSR count). The van der Waals surface area contributed by atoms with Crippen LogP contribution < -0.4 is 4.57 Å². The Morgan fingerprint density at radius 1 is 1.16 bits per heavy atom. The highest BCUT2D eigenvalue weighted by Crippen LogP contribution is 2.42. The third-order valence-corrected chi connectivity index (χ3v) is 5.81. The van der Waals surface area contributed by atoms with Crippen LogP contribution in [0.2, 0.25) is 0 Å². The third kappa shape index (κ3) is 3.69. The molecule has 3 heteroatoms. The molecule has 0 amide bonds. The van der Waals surface area contributed by atoms with Crippen LogP contribution in [0.3, 0.4) is 0 Å². The molecule has 0 aliphatic rings. The van der Waals surface area contributed by atoms with Gasteiger partial charge < -0.3 is 4.42 Å². The fourth-order valence-electron chi connectivity index (χ4n) is 4.31. The normalized spacial score (nSPS) is 17.6. The molecule has 0 radical (unpaired) electrons. The summed E-state index contributed by atoms with van der Waals surface area (Å²) in [5, 5.41) is 1.37. The third-order valence-electron chi connectivity index (χ3n) is 5.81. The Hall–Kier alpha value is -3.12. The molecule has 2 heterocycles. The van der Waals surface area contributed by atoms with Crippen LogP contribution in [0, 0.1) is 25.8 Å². The molecule has 1 unspecified atom stereocenters. The van der Waals surface area contributed by atoms with Crippen LogP contribution in [0.15, 0.2) is 40.8 Å². The lowest BCUT2D eigenvalue weighted by Gasteiger charge is -2.18. The summed E-state index contributed by atoms with van der Waals surface area (Å²) in [6.45, 7) is 15.8. The van der Waals surface area contributed by atoms with Crippen LogP contribution in [0.4, 0.5) is 5.69 Å². The molecule has 32 heavy (non-hydrogen) atoms. The minimum atomic E-state index is -2.69. The van der Waals surface area contributed by atoms with E-state index in [0.29, 0.717) is 16.5 Å². The maximum absolute atomic E-state index is 8.88. The maximum Gasteiger partial charge on any atom is 0.216 e. The average Bonchev–Trinajstić information content (AvgIpc) is 3.17. The largest absolute Gasteiger partial charge is 0.456 e. The van der Waals surface area contributed by atoms with Crippen LogP contribution in [0.1, 0.15) is 71.0 Å². The number of hydrogen-bond donors (Lipinski definition) is 0. The Bertz CT molecular complexity index is 1630. The lowest BCUT2D eigenvalue weighted by atomic mass is 9.87. The first kappa shape index (κ1) is 15.6. The van der Waals surface area contributed by atoms with E-state index in [1.165, 1.54) is 6.92 Å². The standard InChI is InChI=1S/C29H33N2O/c1-17(2)25-23(30-8)13-12-22-21-11-10-18(3)26(28(21)32-27(22)25)24-15-20(16-29(5,6)7)14-19(4)31(24)9/h10-15,17H,16H2,1-7,9H3/q+1/i1D3,16D2,17D. The van der Waals surface area contributed by atoms with Crippen LogP contribution in [0.25, 0.3) is 38.0 Å². The van der Waals surface area contributed by atoms with Gasteiger partial charge in [0, 0.05) is 43.6 Å². The molecule has 0 aliphatic carbocycles. The molecule has 2 aromatic heterocycles. The molecule has 0 saturated heterocycles. The van der Waals surface area contributed by atoms with Crippen molar-refractivity contribution in [2.75, 3.05) is 0 Å². The van der Waals surface area contributed by atoms with E-state index >= 15 is 0 Å². The summed E-state index contributed by atoms with van der Waals surface area (Å²) in [6.07, 6.45) is -1.61. The summed E-state index contributed by atoms with van der Waals surface area (Å²) in [4.78, 5) is 3.53. The zero-order valence-electron chi connectivity index (χ0n) is 25.8. The summed E-state index contributed by atoms with van der Waals surface area (Å²) >= 11 is 0. The van der Waals surface area contributed by atoms with Gasteiger partial charge in [0.15, 0.2) is 11.4 Å². The highest BCUT2D eigenvalue weighted by Gasteiger charge is 2.25. The highest BCUT2D eigenvalue weighted by atomic mass is 16.3. The van der Waals surface area contributed by atoms with Crippen molar-refractivity contribution in [1.29, 1.82) is 0 Å². The van der Waals surface area contributed by atoms with E-state index in [0.717, 1.165) is 27.9 Å². The van der Waals surface area contributed by atoms with Gasteiger partial charge in [-0.1, -0.05) is 58.8 Å². The summed E-state index contributed by atoms with van der Waals surface area (Å²) in [6, 6.07) is 10.9. The molecule has 0 bridgehead atoms. The van der Waals surface area contributed by atoms with Crippen LogP contribution >= 0.6 is 0 Å². The first-order chi connectivity index (χ1) is 17.3. The molecule has 164 valence electrons. The minimum absolute atomic E-state index is 0.0446. The fourth-order valence-corrected chi connectivity index (χ4v) is 4.31. The number of benzene rings is 2. The quantitative estimate of drug-likeness (QED) is 0.238. The second-order valence-corrected chi connectivity index (χ2v) is 9.51. The molecule has 0 spiro atoms. The van der Waals surface area contributed by atoms with Gasteiger partial charge in [-0.05, 0) is 35.7 Å². The summed E-state index contributed by atoms with van der Waals surface area (Å²) < 4.78 is 59.0. The zero-order chi connectivity index (χ0) is 28.6. The van der Waals surface area contributed by atoms with Crippen molar-refractivity contribution in [1.82, 2.24) is 0 Å². The van der Waals surface area contributed by atoms with Crippen LogP contribution in [0.5, 0.6) is 0 Å². The molecule has 2 aromatic carbocycles. The molecular formula is C29H33N2O+. The highest BCUT2D eigenvalue weighted by molar-refractivity contribution is 6.11. The molecule has 4 aromatic rings. The first-order valence-corrected chi connectivity index (χ1v) is 10.7. The smallest absolute Gasteiger partial charge is 0.216 e. The molecule has 0 aliphatic heterocycles. The summed E-state index contributed by atoms with van der Waals surface area (Å²) in [5.74, 6) is -2.07. The predicted octanol–water partition coefficient (Wildman–Crippen LogP) is 7.96. The van der Waals surface area contributed by atoms with E-state index in [1.54, 1.807) is 12.1 Å². The van der Waals surface area contributed by atoms with Crippen LogP contribution in [-0.4, -0.2) is 0 Å². The van der Waals surface area contributed by atoms with Gasteiger partial charge in [-0.25, -0.2) is 4.85 Å². The SMILES string of the molecule is [2H]C([2H])([2H])C([2H])(C)c1c([N+]#[C-])ccc2c1oc1c(-c3cc(C([2H])([2H])C(C)(C)C)cc(C)[n+]3C)c(C)ccc12. The Labute approximate surface area is 199 Å². The van der Waals surface area contributed by atoms with Gasteiger partial charge >= 0.3 is 0 Å². The van der Waals surface area contributed by atoms with Gasteiger partial charge in [-0.15, -0.1) is 0 Å². The van der Waals surface area contributed by atoms with Crippen molar-refractivity contribution in [3.8, 4) is 11.3 Å². The summed E-state index contributed by atoms with van der Waals surface area (Å²) in [7, 11) is 1.92. The van der Waals surface area contributed by atoms with E-state index in [2.05, 4.69) is 4.85 Å². The van der Waals surface area contributed by atoms with Crippen molar-refractivity contribution >= 4 is 27.6 Å². The monoisotopic (exact) mass is 431 g/mol. The number of aryl methyl sites for hydroxylation is 2. The molecule has 1 atom stereocenters. The average molecular weight is 432 g/mol. The molecule has 3 nitrogen and oxygen atoms in total. The van der Waals surface area contributed by atoms with E-state index in [-0.39, 0.29) is 16.8 Å². The Balaban J connectivity index is 2.15. The Morgan fingerprint density at radius 3 is 2.50 bits per heavy atom. The number of fused-ring (bicyclic) bond motifs is 3. The second kappa shape index (κ2) is 7.78. The van der Waals surface area contributed by atoms with Crippen molar-refractivity contribution in [3.63, 3.8) is 0 Å². The van der Waals surface area contributed by atoms with Gasteiger partial charge in [0.05, 0.1) is 12.1 Å². The first-order valence-electron chi connectivity index (χ1n) is 13.7. The van der Waals surface area contributed by atoms with Crippen molar-refractivity contribution in [3.05, 3.63) is 70.2 Å². The fraction of sp³-hybridized carbons (Fsp3) is 0.379. The van der Waals surface area contributed by atoms with Gasteiger partial charge in [0.2, 0.25) is 5.69 Å². The molecule has 0 N–H and O–H groups in total. The maximum atomic E-state index is 8.88. The number of pyridine rings is 1. The number of nitrogens with zero attached hydrogens (tertiary/aromatic N) is 2. The number of aromatic nitrogens is 1. The van der Waals surface area contributed by atoms with Crippen molar-refractivity contribution < 1.29 is 17.2 Å². The van der Waals surface area contributed by atoms with E-state index in [4.69, 9.17) is 19.2 Å². The molecular weight excluding hydrogens is 392 g/mol. The van der Waals surface area contributed by atoms with Crippen molar-refractivity contribution in [2.45, 2.75) is 60.7 Å². The number of rotatable bonds is 3. The molecule has 0 fully saturated rings. The van der Waals surface area contributed by atoms with Gasteiger partial charge in [0.25, 0.3) is 0 Å². The predicted molar refractivity (Wildman–Crippen MR) is 133 cm³/mol. The number of furan rings is 1.